The van der Waals surface area contributed by atoms with Crippen LogP contribution in [0.4, 0.5) is 0 Å². The van der Waals surface area contributed by atoms with Crippen LogP contribution < -0.4 is 0 Å². The van der Waals surface area contributed by atoms with Crippen LogP contribution in [0.25, 0.3) is 0 Å². The Morgan fingerprint density at radius 3 is 2.89 bits per heavy atom. The number of piperidine rings is 1. The lowest BCUT2D eigenvalue weighted by Gasteiger charge is -2.38. The molecule has 0 radical (unpaired) electrons. The molecule has 3 rings (SSSR count). The molecule has 0 aromatic heterocycles. The Kier molecular flexibility index (Phi) is 3.21. The monoisotopic (exact) mass is 259 g/mol. The molecule has 1 aromatic rings. The third-order valence-corrected chi connectivity index (χ3v) is 4.64. The van der Waals surface area contributed by atoms with Gasteiger partial charge in [-0.1, -0.05) is 18.1 Å². The van der Waals surface area contributed by atoms with Crippen molar-refractivity contribution in [3.63, 3.8) is 0 Å². The standard InChI is InChI=1S/C16H21NO2/c1-11-7-8-15(18)13(10-11)16(19)17-9-3-5-12-4-2-6-14(12)17/h7-8,10,12,14,18H,2-6,9H2,1H3. The van der Waals surface area contributed by atoms with Crippen LogP contribution in [-0.2, 0) is 0 Å². The molecule has 1 aromatic carbocycles. The van der Waals surface area contributed by atoms with E-state index < -0.39 is 0 Å². The van der Waals surface area contributed by atoms with Crippen LogP contribution in [0.3, 0.4) is 0 Å². The zero-order chi connectivity index (χ0) is 13.4. The summed E-state index contributed by atoms with van der Waals surface area (Å²) < 4.78 is 0. The SMILES string of the molecule is Cc1ccc(O)c(C(=O)N2CCCC3CCCC32)c1. The molecule has 0 spiro atoms. The number of carbonyl (C=O) groups is 1. The van der Waals surface area contributed by atoms with Crippen molar-refractivity contribution < 1.29 is 9.90 Å². The van der Waals surface area contributed by atoms with E-state index >= 15 is 0 Å². The molecule has 2 unspecified atom stereocenters. The van der Waals surface area contributed by atoms with Gasteiger partial charge in [0.25, 0.3) is 5.91 Å². The molecule has 1 saturated carbocycles. The van der Waals surface area contributed by atoms with Crippen LogP contribution in [0.1, 0.15) is 48.0 Å². The Labute approximate surface area is 114 Å². The second-order valence-corrected chi connectivity index (χ2v) is 5.92. The van der Waals surface area contributed by atoms with Crippen LogP contribution in [-0.4, -0.2) is 28.5 Å². The molecule has 1 saturated heterocycles. The van der Waals surface area contributed by atoms with Crippen molar-refractivity contribution in [2.75, 3.05) is 6.54 Å². The first-order valence-electron chi connectivity index (χ1n) is 7.27. The highest BCUT2D eigenvalue weighted by atomic mass is 16.3. The molecule has 2 fully saturated rings. The van der Waals surface area contributed by atoms with Gasteiger partial charge in [-0.05, 0) is 50.7 Å². The Bertz CT molecular complexity index is 498. The lowest BCUT2D eigenvalue weighted by molar-refractivity contribution is 0.0545. The van der Waals surface area contributed by atoms with Gasteiger partial charge in [-0.2, -0.15) is 0 Å². The van der Waals surface area contributed by atoms with Crippen molar-refractivity contribution in [1.29, 1.82) is 0 Å². The van der Waals surface area contributed by atoms with Crippen LogP contribution >= 0.6 is 0 Å². The maximum Gasteiger partial charge on any atom is 0.257 e. The molecule has 2 aliphatic rings. The van der Waals surface area contributed by atoms with E-state index in [1.807, 2.05) is 17.9 Å². The first kappa shape index (κ1) is 12.5. The normalized spacial score (nSPS) is 26.3. The predicted molar refractivity (Wildman–Crippen MR) is 74.2 cm³/mol. The minimum absolute atomic E-state index is 0.0119. The molecule has 1 amide bonds. The van der Waals surface area contributed by atoms with Crippen molar-refractivity contribution in [2.24, 2.45) is 5.92 Å². The first-order valence-corrected chi connectivity index (χ1v) is 7.27. The van der Waals surface area contributed by atoms with E-state index in [4.69, 9.17) is 0 Å². The molecular formula is C16H21NO2. The van der Waals surface area contributed by atoms with Crippen molar-refractivity contribution >= 4 is 5.91 Å². The highest BCUT2D eigenvalue weighted by Gasteiger charge is 2.38. The molecule has 1 N–H and O–H groups in total. The predicted octanol–water partition coefficient (Wildman–Crippen LogP) is 3.11. The molecule has 3 heteroatoms. The lowest BCUT2D eigenvalue weighted by Crippen LogP contribution is -2.46. The van der Waals surface area contributed by atoms with E-state index in [-0.39, 0.29) is 11.7 Å². The third-order valence-electron chi connectivity index (χ3n) is 4.64. The van der Waals surface area contributed by atoms with Gasteiger partial charge in [0.2, 0.25) is 0 Å². The summed E-state index contributed by atoms with van der Waals surface area (Å²) in [4.78, 5) is 14.7. The minimum atomic E-state index is 0.0119. The minimum Gasteiger partial charge on any atom is -0.507 e. The smallest absolute Gasteiger partial charge is 0.257 e. The Balaban J connectivity index is 1.88. The Morgan fingerprint density at radius 1 is 1.26 bits per heavy atom. The van der Waals surface area contributed by atoms with Gasteiger partial charge in [0, 0.05) is 12.6 Å². The second-order valence-electron chi connectivity index (χ2n) is 5.92. The van der Waals surface area contributed by atoms with E-state index in [9.17, 15) is 9.90 Å². The summed E-state index contributed by atoms with van der Waals surface area (Å²) in [7, 11) is 0. The summed E-state index contributed by atoms with van der Waals surface area (Å²) >= 11 is 0. The summed E-state index contributed by atoms with van der Waals surface area (Å²) in [6.45, 7) is 2.79. The van der Waals surface area contributed by atoms with E-state index in [0.29, 0.717) is 17.5 Å². The number of hydrogen-bond donors (Lipinski definition) is 1. The molecule has 0 bridgehead atoms. The number of fused-ring (bicyclic) bond motifs is 1. The number of likely N-dealkylation sites (tertiary alicyclic amines) is 1. The molecule has 3 nitrogen and oxygen atoms in total. The summed E-state index contributed by atoms with van der Waals surface area (Å²) in [5.41, 5.74) is 1.48. The molecule has 19 heavy (non-hydrogen) atoms. The quantitative estimate of drug-likeness (QED) is 0.842. The summed E-state index contributed by atoms with van der Waals surface area (Å²) in [6.07, 6.45) is 5.98. The fourth-order valence-corrected chi connectivity index (χ4v) is 3.68. The number of phenolic OH excluding ortho intramolecular Hbond substituents is 1. The molecule has 1 heterocycles. The van der Waals surface area contributed by atoms with Crippen molar-refractivity contribution in [3.8, 4) is 5.75 Å². The number of carbonyl (C=O) groups excluding carboxylic acids is 1. The number of nitrogens with zero attached hydrogens (tertiary/aromatic N) is 1. The second kappa shape index (κ2) is 4.87. The van der Waals surface area contributed by atoms with Gasteiger partial charge in [0.1, 0.15) is 5.75 Å². The van der Waals surface area contributed by atoms with Gasteiger partial charge >= 0.3 is 0 Å². The Hall–Kier alpha value is -1.51. The topological polar surface area (TPSA) is 40.5 Å². The van der Waals surface area contributed by atoms with Crippen LogP contribution in [0.2, 0.25) is 0 Å². The Morgan fingerprint density at radius 2 is 2.05 bits per heavy atom. The first-order chi connectivity index (χ1) is 9.16. The van der Waals surface area contributed by atoms with Gasteiger partial charge in [-0.25, -0.2) is 0 Å². The fraction of sp³-hybridized carbons (Fsp3) is 0.562. The maximum absolute atomic E-state index is 12.7. The zero-order valence-electron chi connectivity index (χ0n) is 11.4. The molecule has 1 aliphatic heterocycles. The highest BCUT2D eigenvalue weighted by molar-refractivity contribution is 5.97. The van der Waals surface area contributed by atoms with Crippen LogP contribution in [0, 0.1) is 12.8 Å². The van der Waals surface area contributed by atoms with Gasteiger partial charge in [0.05, 0.1) is 5.56 Å². The average Bonchev–Trinajstić information content (AvgIpc) is 2.89. The average molecular weight is 259 g/mol. The molecule has 102 valence electrons. The molecule has 2 atom stereocenters. The molecule has 1 aliphatic carbocycles. The fourth-order valence-electron chi connectivity index (χ4n) is 3.68. The number of amides is 1. The van der Waals surface area contributed by atoms with Crippen molar-refractivity contribution in [2.45, 2.75) is 45.1 Å². The van der Waals surface area contributed by atoms with Crippen LogP contribution in [0.5, 0.6) is 5.75 Å². The van der Waals surface area contributed by atoms with Gasteiger partial charge in [-0.15, -0.1) is 0 Å². The molecular weight excluding hydrogens is 238 g/mol. The third kappa shape index (κ3) is 2.22. The van der Waals surface area contributed by atoms with E-state index in [1.165, 1.54) is 19.3 Å². The number of aryl methyl sites for hydroxylation is 1. The van der Waals surface area contributed by atoms with Crippen molar-refractivity contribution in [3.05, 3.63) is 29.3 Å². The largest absolute Gasteiger partial charge is 0.507 e. The van der Waals surface area contributed by atoms with Gasteiger partial charge in [-0.3, -0.25) is 4.79 Å². The summed E-state index contributed by atoms with van der Waals surface area (Å²) in [5.74, 6) is 0.804. The zero-order valence-corrected chi connectivity index (χ0v) is 11.4. The van der Waals surface area contributed by atoms with Gasteiger partial charge in [0.15, 0.2) is 0 Å². The van der Waals surface area contributed by atoms with E-state index in [1.54, 1.807) is 12.1 Å². The number of hydrogen-bond acceptors (Lipinski definition) is 2. The van der Waals surface area contributed by atoms with Crippen molar-refractivity contribution in [1.82, 2.24) is 4.90 Å². The van der Waals surface area contributed by atoms with E-state index in [0.717, 1.165) is 24.9 Å². The number of rotatable bonds is 1. The van der Waals surface area contributed by atoms with Crippen LogP contribution in [0.15, 0.2) is 18.2 Å². The highest BCUT2D eigenvalue weighted by Crippen LogP contribution is 2.38. The number of benzene rings is 1. The van der Waals surface area contributed by atoms with Gasteiger partial charge < -0.3 is 10.0 Å². The maximum atomic E-state index is 12.7. The lowest BCUT2D eigenvalue weighted by atomic mass is 9.91. The summed E-state index contributed by atoms with van der Waals surface area (Å²) in [5, 5.41) is 9.93. The van der Waals surface area contributed by atoms with E-state index in [2.05, 4.69) is 0 Å². The number of phenols is 1. The number of aromatic hydroxyl groups is 1. The summed E-state index contributed by atoms with van der Waals surface area (Å²) in [6, 6.07) is 5.66.